The number of anilines is 1. The molecule has 0 aliphatic heterocycles. The van der Waals surface area contributed by atoms with Crippen molar-refractivity contribution < 1.29 is 9.53 Å². The lowest BCUT2D eigenvalue weighted by Gasteiger charge is -2.20. The molecule has 0 atom stereocenters. The van der Waals surface area contributed by atoms with Crippen molar-refractivity contribution in [1.82, 2.24) is 0 Å². The van der Waals surface area contributed by atoms with Gasteiger partial charge >= 0.3 is 5.97 Å². The van der Waals surface area contributed by atoms with Gasteiger partial charge in [-0.05, 0) is 51.0 Å². The number of hydrogen-bond donors (Lipinski definition) is 1. The van der Waals surface area contributed by atoms with Gasteiger partial charge in [0.1, 0.15) is 13.7 Å². The Kier molecular flexibility index (Phi) is 5.48. The molecule has 0 aliphatic rings. The Labute approximate surface area is 135 Å². The SMILES string of the molecule is Cc1c(C#C[Si](C)(C)C)cc(N)cc1CC(=O)OC(C)(C)C. The molecule has 1 rings (SSSR count). The maximum Gasteiger partial charge on any atom is 0.310 e. The highest BCUT2D eigenvalue weighted by Gasteiger charge is 2.18. The number of nitrogens with two attached hydrogens (primary N) is 1. The summed E-state index contributed by atoms with van der Waals surface area (Å²) in [4.78, 5) is 12.0. The monoisotopic (exact) mass is 317 g/mol. The van der Waals surface area contributed by atoms with Gasteiger partial charge in [0.25, 0.3) is 0 Å². The topological polar surface area (TPSA) is 52.3 Å². The molecule has 0 amide bonds. The van der Waals surface area contributed by atoms with Gasteiger partial charge in [0.05, 0.1) is 6.42 Å². The Morgan fingerprint density at radius 1 is 1.27 bits per heavy atom. The first-order valence-electron chi connectivity index (χ1n) is 7.51. The predicted octanol–water partition coefficient (Wildman–Crippen LogP) is 3.69. The zero-order valence-corrected chi connectivity index (χ0v) is 15.8. The highest BCUT2D eigenvalue weighted by molar-refractivity contribution is 6.83. The van der Waals surface area contributed by atoms with Crippen LogP contribution in [-0.2, 0) is 16.0 Å². The Bertz CT molecular complexity index is 625. The van der Waals surface area contributed by atoms with Crippen LogP contribution in [0.1, 0.15) is 37.5 Å². The van der Waals surface area contributed by atoms with Crippen molar-refractivity contribution in [3.8, 4) is 11.5 Å². The molecule has 0 heterocycles. The van der Waals surface area contributed by atoms with Gasteiger partial charge in [-0.15, -0.1) is 5.54 Å². The largest absolute Gasteiger partial charge is 0.460 e. The van der Waals surface area contributed by atoms with Crippen LogP contribution >= 0.6 is 0 Å². The second-order valence-electron chi connectivity index (χ2n) is 7.62. The van der Waals surface area contributed by atoms with E-state index < -0.39 is 13.7 Å². The molecule has 3 nitrogen and oxygen atoms in total. The number of benzene rings is 1. The van der Waals surface area contributed by atoms with Crippen molar-refractivity contribution in [3.63, 3.8) is 0 Å². The number of nitrogen functional groups attached to an aromatic ring is 1. The molecule has 0 spiro atoms. The number of rotatable bonds is 2. The molecule has 0 unspecified atom stereocenters. The van der Waals surface area contributed by atoms with Crippen LogP contribution < -0.4 is 5.73 Å². The van der Waals surface area contributed by atoms with E-state index in [9.17, 15) is 4.79 Å². The maximum atomic E-state index is 12.0. The van der Waals surface area contributed by atoms with Crippen LogP contribution in [0.2, 0.25) is 19.6 Å². The minimum Gasteiger partial charge on any atom is -0.460 e. The first-order valence-corrected chi connectivity index (χ1v) is 11.0. The van der Waals surface area contributed by atoms with Gasteiger partial charge in [-0.3, -0.25) is 4.79 Å². The van der Waals surface area contributed by atoms with Gasteiger partial charge in [-0.25, -0.2) is 0 Å². The van der Waals surface area contributed by atoms with Crippen LogP contribution in [0.15, 0.2) is 12.1 Å². The summed E-state index contributed by atoms with van der Waals surface area (Å²) in [5.74, 6) is 2.99. The van der Waals surface area contributed by atoms with Crippen molar-refractivity contribution in [1.29, 1.82) is 0 Å². The van der Waals surface area contributed by atoms with Crippen molar-refractivity contribution in [2.45, 2.75) is 59.4 Å². The Hall–Kier alpha value is -1.73. The molecule has 2 N–H and O–H groups in total. The van der Waals surface area contributed by atoms with E-state index in [2.05, 4.69) is 31.1 Å². The van der Waals surface area contributed by atoms with Crippen molar-refractivity contribution >= 4 is 19.7 Å². The van der Waals surface area contributed by atoms with E-state index in [1.165, 1.54) is 0 Å². The average molecular weight is 318 g/mol. The zero-order chi connectivity index (χ0) is 17.1. The summed E-state index contributed by atoms with van der Waals surface area (Å²) in [6.45, 7) is 14.2. The highest BCUT2D eigenvalue weighted by atomic mass is 28.3. The molecule has 120 valence electrons. The zero-order valence-electron chi connectivity index (χ0n) is 14.8. The van der Waals surface area contributed by atoms with Crippen molar-refractivity contribution in [2.75, 3.05) is 5.73 Å². The Balaban J connectivity index is 3.09. The molecule has 0 bridgehead atoms. The summed E-state index contributed by atoms with van der Waals surface area (Å²) in [6.07, 6.45) is 0.218. The van der Waals surface area contributed by atoms with E-state index in [0.717, 1.165) is 16.7 Å². The molecule has 0 aromatic heterocycles. The molecular formula is C18H27NO2Si. The minimum absolute atomic E-state index is 0.218. The van der Waals surface area contributed by atoms with Crippen LogP contribution in [0.4, 0.5) is 5.69 Å². The van der Waals surface area contributed by atoms with E-state index in [1.54, 1.807) is 0 Å². The summed E-state index contributed by atoms with van der Waals surface area (Å²) in [6, 6.07) is 3.71. The van der Waals surface area contributed by atoms with Crippen LogP contribution in [0, 0.1) is 18.4 Å². The average Bonchev–Trinajstić information content (AvgIpc) is 2.27. The number of carbonyl (C=O) groups excluding carboxylic acids is 1. The number of hydrogen-bond acceptors (Lipinski definition) is 3. The number of esters is 1. The smallest absolute Gasteiger partial charge is 0.310 e. The fourth-order valence-electron chi connectivity index (χ4n) is 1.90. The second kappa shape index (κ2) is 6.58. The van der Waals surface area contributed by atoms with Gasteiger partial charge in [0.15, 0.2) is 0 Å². The van der Waals surface area contributed by atoms with Crippen molar-refractivity contribution in [3.05, 3.63) is 28.8 Å². The van der Waals surface area contributed by atoms with Gasteiger partial charge in [-0.2, -0.15) is 0 Å². The normalized spacial score (nSPS) is 11.6. The quantitative estimate of drug-likeness (QED) is 0.392. The molecule has 4 heteroatoms. The highest BCUT2D eigenvalue weighted by Crippen LogP contribution is 2.20. The first-order chi connectivity index (χ1) is 9.87. The van der Waals surface area contributed by atoms with E-state index in [4.69, 9.17) is 10.5 Å². The number of ether oxygens (including phenoxy) is 1. The van der Waals surface area contributed by atoms with E-state index in [-0.39, 0.29) is 12.4 Å². The lowest BCUT2D eigenvalue weighted by Crippen LogP contribution is -2.25. The van der Waals surface area contributed by atoms with Crippen LogP contribution in [0.25, 0.3) is 0 Å². The molecular weight excluding hydrogens is 290 g/mol. The lowest BCUT2D eigenvalue weighted by atomic mass is 9.99. The molecule has 22 heavy (non-hydrogen) atoms. The summed E-state index contributed by atoms with van der Waals surface area (Å²) < 4.78 is 5.38. The first kappa shape index (κ1) is 18.3. The summed E-state index contributed by atoms with van der Waals surface area (Å²) >= 11 is 0. The fourth-order valence-corrected chi connectivity index (χ4v) is 2.41. The van der Waals surface area contributed by atoms with Gasteiger partial charge in [0, 0.05) is 11.3 Å². The lowest BCUT2D eigenvalue weighted by molar-refractivity contribution is -0.153. The van der Waals surface area contributed by atoms with E-state index in [1.807, 2.05) is 39.8 Å². The third-order valence-corrected chi connectivity index (χ3v) is 3.74. The Morgan fingerprint density at radius 2 is 1.86 bits per heavy atom. The Morgan fingerprint density at radius 3 is 2.36 bits per heavy atom. The standard InChI is InChI=1S/C18H27NO2Si/c1-13-14(8-9-22(5,6)7)10-16(19)11-15(13)12-17(20)21-18(2,3)4/h10-11H,12,19H2,1-7H3. The van der Waals surface area contributed by atoms with Gasteiger partial charge in [-0.1, -0.05) is 25.6 Å². The van der Waals surface area contributed by atoms with Crippen LogP contribution in [0.5, 0.6) is 0 Å². The number of carbonyl (C=O) groups is 1. The maximum absolute atomic E-state index is 12.0. The van der Waals surface area contributed by atoms with Gasteiger partial charge in [0.2, 0.25) is 0 Å². The fraction of sp³-hybridized carbons (Fsp3) is 0.500. The predicted molar refractivity (Wildman–Crippen MR) is 95.4 cm³/mol. The molecule has 0 saturated carbocycles. The molecule has 1 aromatic carbocycles. The molecule has 0 fully saturated rings. The molecule has 0 radical (unpaired) electrons. The second-order valence-corrected chi connectivity index (χ2v) is 12.4. The van der Waals surface area contributed by atoms with Crippen molar-refractivity contribution in [2.24, 2.45) is 0 Å². The third kappa shape index (κ3) is 6.36. The summed E-state index contributed by atoms with van der Waals surface area (Å²) in [5, 5.41) is 0. The van der Waals surface area contributed by atoms with E-state index in [0.29, 0.717) is 5.69 Å². The summed E-state index contributed by atoms with van der Waals surface area (Å²) in [5.41, 5.74) is 12.2. The molecule has 0 saturated heterocycles. The minimum atomic E-state index is -1.46. The molecule has 0 aliphatic carbocycles. The third-order valence-electron chi connectivity index (χ3n) is 2.86. The van der Waals surface area contributed by atoms with Crippen LogP contribution in [0.3, 0.4) is 0 Å². The molecule has 1 aromatic rings. The summed E-state index contributed by atoms with van der Waals surface area (Å²) in [7, 11) is -1.46. The van der Waals surface area contributed by atoms with Crippen LogP contribution in [-0.4, -0.2) is 19.6 Å². The van der Waals surface area contributed by atoms with Gasteiger partial charge < -0.3 is 10.5 Å². The van der Waals surface area contributed by atoms with E-state index >= 15 is 0 Å².